The average molecular weight is 420 g/mol. The number of benzene rings is 3. The van der Waals surface area contributed by atoms with E-state index in [1.165, 1.54) is 18.2 Å². The Labute approximate surface area is 179 Å². The third-order valence-corrected chi connectivity index (χ3v) is 4.36. The summed E-state index contributed by atoms with van der Waals surface area (Å²) in [6.07, 6.45) is 0.198. The first-order chi connectivity index (χ1) is 15.0. The van der Waals surface area contributed by atoms with Gasteiger partial charge in [0.15, 0.2) is 6.61 Å². The van der Waals surface area contributed by atoms with Crippen molar-refractivity contribution in [1.29, 1.82) is 0 Å². The molecule has 6 nitrogen and oxygen atoms in total. The van der Waals surface area contributed by atoms with E-state index in [1.54, 1.807) is 30.3 Å². The number of carbonyl (C=O) groups is 3. The minimum Gasteiger partial charge on any atom is -0.454 e. The summed E-state index contributed by atoms with van der Waals surface area (Å²) in [5.41, 5.74) is 1.47. The number of carbonyl (C=O) groups excluding carboxylic acids is 3. The van der Waals surface area contributed by atoms with Gasteiger partial charge in [0.25, 0.3) is 11.8 Å². The second-order valence-corrected chi connectivity index (χ2v) is 6.75. The summed E-state index contributed by atoms with van der Waals surface area (Å²) in [5, 5.41) is 5.12. The van der Waals surface area contributed by atoms with Crippen molar-refractivity contribution < 1.29 is 23.5 Å². The van der Waals surface area contributed by atoms with E-state index in [9.17, 15) is 18.8 Å². The Morgan fingerprint density at radius 3 is 2.23 bits per heavy atom. The first kappa shape index (κ1) is 21.7. The molecule has 0 aromatic heterocycles. The maximum atomic E-state index is 13.2. The van der Waals surface area contributed by atoms with Crippen LogP contribution in [0.15, 0.2) is 84.9 Å². The maximum Gasteiger partial charge on any atom is 0.329 e. The maximum absolute atomic E-state index is 13.2. The van der Waals surface area contributed by atoms with Crippen LogP contribution in [0.2, 0.25) is 0 Å². The zero-order valence-electron chi connectivity index (χ0n) is 16.6. The molecule has 0 saturated carbocycles. The van der Waals surface area contributed by atoms with Gasteiger partial charge in [-0.25, -0.2) is 9.18 Å². The number of nitrogens with one attached hydrogen (secondary N) is 2. The van der Waals surface area contributed by atoms with Gasteiger partial charge in [-0.05, 0) is 35.9 Å². The molecule has 3 aromatic rings. The number of amides is 2. The van der Waals surface area contributed by atoms with E-state index < -0.39 is 36.2 Å². The molecule has 1 unspecified atom stereocenters. The Balaban J connectivity index is 1.63. The van der Waals surface area contributed by atoms with Crippen molar-refractivity contribution in [3.05, 3.63) is 102 Å². The molecule has 0 spiro atoms. The SMILES string of the molecule is O=C(COC(=O)C(Cc1ccccc1)NC(=O)c1ccccc1)Nc1cccc(F)c1. The first-order valence-electron chi connectivity index (χ1n) is 9.63. The molecule has 3 rings (SSSR count). The molecule has 0 aliphatic heterocycles. The number of ether oxygens (including phenoxy) is 1. The first-order valence-corrected chi connectivity index (χ1v) is 9.63. The quantitative estimate of drug-likeness (QED) is 0.548. The van der Waals surface area contributed by atoms with Crippen LogP contribution in [0.25, 0.3) is 0 Å². The summed E-state index contributed by atoms with van der Waals surface area (Å²) in [4.78, 5) is 37.2. The second-order valence-electron chi connectivity index (χ2n) is 6.75. The lowest BCUT2D eigenvalue weighted by atomic mass is 10.1. The van der Waals surface area contributed by atoms with Crippen molar-refractivity contribution in [1.82, 2.24) is 5.32 Å². The van der Waals surface area contributed by atoms with Gasteiger partial charge in [0.05, 0.1) is 0 Å². The number of hydrogen-bond donors (Lipinski definition) is 2. The number of hydrogen-bond acceptors (Lipinski definition) is 4. The highest BCUT2D eigenvalue weighted by Gasteiger charge is 2.24. The van der Waals surface area contributed by atoms with E-state index in [2.05, 4.69) is 10.6 Å². The van der Waals surface area contributed by atoms with Gasteiger partial charge < -0.3 is 15.4 Å². The fourth-order valence-corrected chi connectivity index (χ4v) is 2.87. The molecular weight excluding hydrogens is 399 g/mol. The molecule has 2 amide bonds. The van der Waals surface area contributed by atoms with Gasteiger partial charge in [-0.3, -0.25) is 9.59 Å². The number of rotatable bonds is 8. The molecule has 0 aliphatic rings. The topological polar surface area (TPSA) is 84.5 Å². The van der Waals surface area contributed by atoms with Crippen molar-refractivity contribution in [3.63, 3.8) is 0 Å². The van der Waals surface area contributed by atoms with Crippen LogP contribution in [0.5, 0.6) is 0 Å². The van der Waals surface area contributed by atoms with Gasteiger partial charge in [0, 0.05) is 17.7 Å². The van der Waals surface area contributed by atoms with Gasteiger partial charge in [-0.15, -0.1) is 0 Å². The van der Waals surface area contributed by atoms with Gasteiger partial charge in [-0.1, -0.05) is 54.6 Å². The van der Waals surface area contributed by atoms with E-state index in [0.29, 0.717) is 5.56 Å². The Kier molecular flexibility index (Phi) is 7.48. The lowest BCUT2D eigenvalue weighted by molar-refractivity contribution is -0.149. The summed E-state index contributed by atoms with van der Waals surface area (Å²) in [7, 11) is 0. The van der Waals surface area contributed by atoms with Crippen LogP contribution in [0.1, 0.15) is 15.9 Å². The van der Waals surface area contributed by atoms with Gasteiger partial charge >= 0.3 is 5.97 Å². The standard InChI is InChI=1S/C24H21FN2O4/c25-19-12-7-13-20(15-19)26-22(28)16-31-24(30)21(14-17-8-3-1-4-9-17)27-23(29)18-10-5-2-6-11-18/h1-13,15,21H,14,16H2,(H,26,28)(H,27,29). The molecule has 7 heteroatoms. The average Bonchev–Trinajstić information content (AvgIpc) is 2.78. The molecule has 31 heavy (non-hydrogen) atoms. The Morgan fingerprint density at radius 1 is 0.871 bits per heavy atom. The van der Waals surface area contributed by atoms with Crippen LogP contribution in [0.3, 0.4) is 0 Å². The molecule has 0 radical (unpaired) electrons. The summed E-state index contributed by atoms with van der Waals surface area (Å²) in [6.45, 7) is -0.568. The minimum atomic E-state index is -0.989. The number of halogens is 1. The molecule has 0 saturated heterocycles. The van der Waals surface area contributed by atoms with Crippen molar-refractivity contribution >= 4 is 23.5 Å². The molecule has 0 fully saturated rings. The Bertz CT molecular complexity index is 1040. The number of anilines is 1. The van der Waals surface area contributed by atoms with E-state index in [-0.39, 0.29) is 12.1 Å². The smallest absolute Gasteiger partial charge is 0.329 e. The zero-order valence-corrected chi connectivity index (χ0v) is 16.6. The normalized spacial score (nSPS) is 11.3. The monoisotopic (exact) mass is 420 g/mol. The largest absolute Gasteiger partial charge is 0.454 e. The Morgan fingerprint density at radius 2 is 1.55 bits per heavy atom. The summed E-state index contributed by atoms with van der Waals surface area (Å²) in [5.74, 6) is -2.29. The van der Waals surface area contributed by atoms with Crippen molar-refractivity contribution in [3.8, 4) is 0 Å². The summed E-state index contributed by atoms with van der Waals surface area (Å²) < 4.78 is 18.3. The molecular formula is C24H21FN2O4. The number of esters is 1. The van der Waals surface area contributed by atoms with Crippen molar-refractivity contribution in [2.45, 2.75) is 12.5 Å². The van der Waals surface area contributed by atoms with Crippen LogP contribution in [-0.2, 0) is 20.7 Å². The lowest BCUT2D eigenvalue weighted by Crippen LogP contribution is -2.44. The predicted octanol–water partition coefficient (Wildman–Crippen LogP) is 3.35. The van der Waals surface area contributed by atoms with Crippen LogP contribution < -0.4 is 10.6 Å². The van der Waals surface area contributed by atoms with Gasteiger partial charge in [0.2, 0.25) is 0 Å². The molecule has 0 aliphatic carbocycles. The predicted molar refractivity (Wildman–Crippen MR) is 114 cm³/mol. The fraction of sp³-hybridized carbons (Fsp3) is 0.125. The highest BCUT2D eigenvalue weighted by atomic mass is 19.1. The highest BCUT2D eigenvalue weighted by molar-refractivity contribution is 5.97. The van der Waals surface area contributed by atoms with Gasteiger partial charge in [0.1, 0.15) is 11.9 Å². The van der Waals surface area contributed by atoms with Crippen LogP contribution in [0, 0.1) is 5.82 Å². The lowest BCUT2D eigenvalue weighted by Gasteiger charge is -2.18. The summed E-state index contributed by atoms with van der Waals surface area (Å²) >= 11 is 0. The van der Waals surface area contributed by atoms with Crippen LogP contribution in [0.4, 0.5) is 10.1 Å². The zero-order chi connectivity index (χ0) is 22.1. The fourth-order valence-electron chi connectivity index (χ4n) is 2.87. The molecule has 0 heterocycles. The molecule has 0 bridgehead atoms. The molecule has 158 valence electrons. The highest BCUT2D eigenvalue weighted by Crippen LogP contribution is 2.10. The van der Waals surface area contributed by atoms with E-state index >= 15 is 0 Å². The van der Waals surface area contributed by atoms with Gasteiger partial charge in [-0.2, -0.15) is 0 Å². The van der Waals surface area contributed by atoms with E-state index in [1.807, 2.05) is 30.3 Å². The van der Waals surface area contributed by atoms with Crippen LogP contribution in [-0.4, -0.2) is 30.4 Å². The summed E-state index contributed by atoms with van der Waals surface area (Å²) in [6, 6.07) is 22.0. The minimum absolute atomic E-state index is 0.198. The molecule has 2 N–H and O–H groups in total. The molecule has 1 atom stereocenters. The van der Waals surface area contributed by atoms with Crippen LogP contribution >= 0.6 is 0 Å². The third kappa shape index (κ3) is 6.78. The Hall–Kier alpha value is -4.00. The van der Waals surface area contributed by atoms with E-state index in [0.717, 1.165) is 11.6 Å². The van der Waals surface area contributed by atoms with Crippen molar-refractivity contribution in [2.75, 3.05) is 11.9 Å². The third-order valence-electron chi connectivity index (χ3n) is 4.36. The van der Waals surface area contributed by atoms with E-state index in [4.69, 9.17) is 4.74 Å². The van der Waals surface area contributed by atoms with Crippen molar-refractivity contribution in [2.24, 2.45) is 0 Å². The second kappa shape index (κ2) is 10.7. The molecule has 3 aromatic carbocycles.